The molecule has 0 radical (unpaired) electrons. The number of nitrogens with one attached hydrogen (secondary N) is 2. The summed E-state index contributed by atoms with van der Waals surface area (Å²) in [6.45, 7) is 3.33. The maximum Gasteiger partial charge on any atom is 0.246 e. The van der Waals surface area contributed by atoms with E-state index >= 15 is 0 Å². The number of hydrogen-bond donors (Lipinski definition) is 2. The number of Topliss-reactive ketones (excluding diaryl/α,β-unsaturated/α-hetero) is 1. The van der Waals surface area contributed by atoms with Crippen molar-refractivity contribution in [2.75, 3.05) is 10.6 Å². The number of carbonyl (C=O) groups excluding carboxylic acids is 2. The summed E-state index contributed by atoms with van der Waals surface area (Å²) in [4.78, 5) is 23.6. The molecule has 1 amide bonds. The molecule has 0 aliphatic rings. The van der Waals surface area contributed by atoms with E-state index in [1.165, 1.54) is 6.92 Å². The van der Waals surface area contributed by atoms with Gasteiger partial charge in [0.05, 0.1) is 0 Å². The predicted octanol–water partition coefficient (Wildman–Crippen LogP) is 4.48. The lowest BCUT2D eigenvalue weighted by Crippen LogP contribution is -2.31. The summed E-state index contributed by atoms with van der Waals surface area (Å²) in [6, 6.07) is 20.6. The van der Waals surface area contributed by atoms with Crippen LogP contribution >= 0.6 is 0 Å². The largest absolute Gasteiger partial charge is 0.374 e. The van der Waals surface area contributed by atoms with Crippen LogP contribution in [0.2, 0.25) is 0 Å². The summed E-state index contributed by atoms with van der Waals surface area (Å²) in [6.07, 6.45) is 0. The topological polar surface area (TPSA) is 58.2 Å². The van der Waals surface area contributed by atoms with Crippen LogP contribution in [0.25, 0.3) is 10.8 Å². The first kappa shape index (κ1) is 16.7. The van der Waals surface area contributed by atoms with Crippen molar-refractivity contribution in [1.82, 2.24) is 0 Å². The second kappa shape index (κ2) is 7.18. The molecule has 0 aliphatic carbocycles. The molecule has 0 fully saturated rings. The minimum Gasteiger partial charge on any atom is -0.374 e. The molecule has 0 saturated heterocycles. The van der Waals surface area contributed by atoms with Gasteiger partial charge in [-0.3, -0.25) is 9.59 Å². The first-order chi connectivity index (χ1) is 12.0. The van der Waals surface area contributed by atoms with Crippen molar-refractivity contribution in [3.05, 3.63) is 72.3 Å². The van der Waals surface area contributed by atoms with E-state index in [1.54, 1.807) is 24.3 Å². The highest BCUT2D eigenvalue weighted by Crippen LogP contribution is 2.19. The maximum absolute atomic E-state index is 12.4. The lowest BCUT2D eigenvalue weighted by molar-refractivity contribution is -0.116. The van der Waals surface area contributed by atoms with Crippen LogP contribution in [0.15, 0.2) is 66.7 Å². The molecular weight excluding hydrogens is 312 g/mol. The van der Waals surface area contributed by atoms with Gasteiger partial charge < -0.3 is 10.6 Å². The maximum atomic E-state index is 12.4. The number of benzene rings is 3. The molecule has 0 aromatic heterocycles. The zero-order chi connectivity index (χ0) is 17.8. The van der Waals surface area contributed by atoms with Gasteiger partial charge in [-0.1, -0.05) is 30.3 Å². The predicted molar refractivity (Wildman–Crippen MR) is 102 cm³/mol. The molecule has 2 N–H and O–H groups in total. The normalized spacial score (nSPS) is 11.8. The summed E-state index contributed by atoms with van der Waals surface area (Å²) in [5.41, 5.74) is 2.19. The number of ketones is 1. The van der Waals surface area contributed by atoms with Crippen molar-refractivity contribution in [2.45, 2.75) is 19.9 Å². The fraction of sp³-hybridized carbons (Fsp3) is 0.143. The van der Waals surface area contributed by atoms with Crippen LogP contribution in [0.1, 0.15) is 24.2 Å². The highest BCUT2D eigenvalue weighted by atomic mass is 16.2. The molecule has 0 heterocycles. The Bertz CT molecular complexity index is 917. The lowest BCUT2D eigenvalue weighted by Gasteiger charge is -2.16. The number of rotatable bonds is 5. The van der Waals surface area contributed by atoms with Crippen LogP contribution in [-0.4, -0.2) is 17.7 Å². The van der Waals surface area contributed by atoms with Crippen LogP contribution in [0.5, 0.6) is 0 Å². The van der Waals surface area contributed by atoms with Crippen LogP contribution in [0.3, 0.4) is 0 Å². The summed E-state index contributed by atoms with van der Waals surface area (Å²) in [5, 5.41) is 8.36. The third kappa shape index (κ3) is 4.04. The summed E-state index contributed by atoms with van der Waals surface area (Å²) >= 11 is 0. The highest BCUT2D eigenvalue weighted by Gasteiger charge is 2.13. The van der Waals surface area contributed by atoms with Gasteiger partial charge in [0.2, 0.25) is 5.91 Å². The van der Waals surface area contributed by atoms with Crippen molar-refractivity contribution in [2.24, 2.45) is 0 Å². The van der Waals surface area contributed by atoms with E-state index in [1.807, 2.05) is 43.3 Å². The smallest absolute Gasteiger partial charge is 0.246 e. The summed E-state index contributed by atoms with van der Waals surface area (Å²) < 4.78 is 0. The zero-order valence-electron chi connectivity index (χ0n) is 14.2. The second-order valence-corrected chi connectivity index (χ2v) is 6.05. The fourth-order valence-electron chi connectivity index (χ4n) is 2.63. The molecule has 0 unspecified atom stereocenters. The number of fused-ring (bicyclic) bond motifs is 1. The molecule has 25 heavy (non-hydrogen) atoms. The average Bonchev–Trinajstić information content (AvgIpc) is 2.62. The Morgan fingerprint density at radius 2 is 1.48 bits per heavy atom. The van der Waals surface area contributed by atoms with Crippen LogP contribution in [0, 0.1) is 0 Å². The number of amides is 1. The Morgan fingerprint density at radius 3 is 2.16 bits per heavy atom. The lowest BCUT2D eigenvalue weighted by atomic mass is 10.1. The van der Waals surface area contributed by atoms with Gasteiger partial charge in [-0.25, -0.2) is 0 Å². The molecule has 1 atom stereocenters. The van der Waals surface area contributed by atoms with Crippen LogP contribution in [0.4, 0.5) is 11.4 Å². The molecule has 4 nitrogen and oxygen atoms in total. The van der Waals surface area contributed by atoms with Crippen molar-refractivity contribution in [3.8, 4) is 0 Å². The number of hydrogen-bond acceptors (Lipinski definition) is 3. The molecule has 3 rings (SSSR count). The van der Waals surface area contributed by atoms with Crippen LogP contribution < -0.4 is 10.6 Å². The molecule has 0 aliphatic heterocycles. The third-order valence-corrected chi connectivity index (χ3v) is 4.08. The monoisotopic (exact) mass is 332 g/mol. The summed E-state index contributed by atoms with van der Waals surface area (Å²) in [5.74, 6) is -0.132. The standard InChI is InChI=1S/C21H20N2O2/c1-14(21(25)23-19-10-7-16(8-11-19)15(2)24)22-20-12-9-17-5-3-4-6-18(17)13-20/h3-14,22H,1-2H3,(H,23,25)/t14-/m1/s1. The molecule has 3 aromatic rings. The van der Waals surface area contributed by atoms with E-state index in [9.17, 15) is 9.59 Å². The van der Waals surface area contributed by atoms with Gasteiger partial charge in [-0.2, -0.15) is 0 Å². The molecule has 0 bridgehead atoms. The van der Waals surface area contributed by atoms with E-state index in [0.29, 0.717) is 11.3 Å². The average molecular weight is 332 g/mol. The fourth-order valence-corrected chi connectivity index (χ4v) is 2.63. The minimum atomic E-state index is -0.395. The number of carbonyl (C=O) groups is 2. The molecular formula is C21H20N2O2. The highest BCUT2D eigenvalue weighted by molar-refractivity contribution is 5.98. The Balaban J connectivity index is 1.66. The van der Waals surface area contributed by atoms with E-state index in [-0.39, 0.29) is 11.7 Å². The molecule has 3 aromatic carbocycles. The van der Waals surface area contributed by atoms with Crippen molar-refractivity contribution >= 4 is 33.8 Å². The minimum absolute atomic E-state index is 0.00390. The van der Waals surface area contributed by atoms with Gasteiger partial charge in [0.15, 0.2) is 5.78 Å². The SMILES string of the molecule is CC(=O)c1ccc(NC(=O)[C@@H](C)Nc2ccc3ccccc3c2)cc1. The van der Waals surface area contributed by atoms with Crippen molar-refractivity contribution in [3.63, 3.8) is 0 Å². The van der Waals surface area contributed by atoms with Crippen molar-refractivity contribution < 1.29 is 9.59 Å². The van der Waals surface area contributed by atoms with Gasteiger partial charge in [0.1, 0.15) is 6.04 Å². The molecule has 4 heteroatoms. The second-order valence-electron chi connectivity index (χ2n) is 6.05. The quantitative estimate of drug-likeness (QED) is 0.677. The van der Waals surface area contributed by atoms with Gasteiger partial charge in [-0.05, 0) is 61.0 Å². The van der Waals surface area contributed by atoms with Gasteiger partial charge in [-0.15, -0.1) is 0 Å². The van der Waals surface area contributed by atoms with Crippen molar-refractivity contribution in [1.29, 1.82) is 0 Å². The Labute approximate surface area is 146 Å². The van der Waals surface area contributed by atoms with E-state index < -0.39 is 6.04 Å². The van der Waals surface area contributed by atoms with Gasteiger partial charge in [0, 0.05) is 16.9 Å². The summed E-state index contributed by atoms with van der Waals surface area (Å²) in [7, 11) is 0. The van der Waals surface area contributed by atoms with E-state index in [4.69, 9.17) is 0 Å². The third-order valence-electron chi connectivity index (χ3n) is 4.08. The molecule has 0 saturated carbocycles. The van der Waals surface area contributed by atoms with Crippen LogP contribution in [-0.2, 0) is 4.79 Å². The van der Waals surface area contributed by atoms with E-state index in [2.05, 4.69) is 16.7 Å². The Kier molecular flexibility index (Phi) is 4.80. The Morgan fingerprint density at radius 1 is 0.840 bits per heavy atom. The first-order valence-corrected chi connectivity index (χ1v) is 8.20. The number of anilines is 2. The van der Waals surface area contributed by atoms with E-state index in [0.717, 1.165) is 16.5 Å². The first-order valence-electron chi connectivity index (χ1n) is 8.20. The van der Waals surface area contributed by atoms with Gasteiger partial charge in [0.25, 0.3) is 0 Å². The molecule has 126 valence electrons. The zero-order valence-corrected chi connectivity index (χ0v) is 14.2. The molecule has 0 spiro atoms. The Hall–Kier alpha value is -3.14. The van der Waals surface area contributed by atoms with Gasteiger partial charge >= 0.3 is 0 Å².